The minimum atomic E-state index is -1.01. The standard InChI is InChI=1S/C34H32O4/c1-3-4-15-29-24(2)30(32(35)21-18-25-16-19-28(20-17-25)34(36)37)22-31(27-13-9-6-10-14-27)33(29)38-23-26-11-7-5-8-12-26/h5-14,16-17,19-20,22,32,35H,3-4,15,23H2,1-2H3,(H,36,37). The van der Waals surface area contributed by atoms with Crippen molar-refractivity contribution in [2.45, 2.75) is 45.8 Å². The number of carboxylic acid groups (broad SMARTS) is 1. The summed E-state index contributed by atoms with van der Waals surface area (Å²) in [6.07, 6.45) is 1.85. The van der Waals surface area contributed by atoms with Crippen LogP contribution in [0.1, 0.15) is 64.0 Å². The van der Waals surface area contributed by atoms with E-state index in [4.69, 9.17) is 9.84 Å². The van der Waals surface area contributed by atoms with Gasteiger partial charge in [0.2, 0.25) is 0 Å². The molecule has 4 heteroatoms. The van der Waals surface area contributed by atoms with E-state index in [1.807, 2.05) is 49.4 Å². The number of ether oxygens (including phenoxy) is 1. The summed E-state index contributed by atoms with van der Waals surface area (Å²) in [5.41, 5.74) is 6.69. The highest BCUT2D eigenvalue weighted by atomic mass is 16.5. The van der Waals surface area contributed by atoms with Crippen molar-refractivity contribution in [1.82, 2.24) is 0 Å². The number of unbranched alkanes of at least 4 members (excludes halogenated alkanes) is 1. The Bertz CT molecular complexity index is 1430. The van der Waals surface area contributed by atoms with Gasteiger partial charge in [0, 0.05) is 11.1 Å². The molecule has 0 fully saturated rings. The number of aromatic carboxylic acids is 1. The van der Waals surface area contributed by atoms with Gasteiger partial charge in [0.15, 0.2) is 0 Å². The molecule has 4 aromatic carbocycles. The largest absolute Gasteiger partial charge is 0.488 e. The van der Waals surface area contributed by atoms with E-state index in [9.17, 15) is 9.90 Å². The summed E-state index contributed by atoms with van der Waals surface area (Å²) in [4.78, 5) is 11.1. The van der Waals surface area contributed by atoms with Crippen LogP contribution in [0.4, 0.5) is 0 Å². The van der Waals surface area contributed by atoms with Crippen molar-refractivity contribution >= 4 is 5.97 Å². The van der Waals surface area contributed by atoms with Crippen molar-refractivity contribution in [3.63, 3.8) is 0 Å². The van der Waals surface area contributed by atoms with Gasteiger partial charge in [-0.25, -0.2) is 4.79 Å². The van der Waals surface area contributed by atoms with Gasteiger partial charge in [-0.1, -0.05) is 85.8 Å². The Morgan fingerprint density at radius 1 is 0.947 bits per heavy atom. The van der Waals surface area contributed by atoms with Crippen LogP contribution in [-0.4, -0.2) is 16.2 Å². The normalized spacial score (nSPS) is 11.3. The Hall–Kier alpha value is -4.33. The molecule has 0 saturated heterocycles. The van der Waals surface area contributed by atoms with Gasteiger partial charge in [-0.2, -0.15) is 0 Å². The lowest BCUT2D eigenvalue weighted by molar-refractivity contribution is 0.0697. The van der Waals surface area contributed by atoms with Crippen molar-refractivity contribution in [3.05, 3.63) is 124 Å². The van der Waals surface area contributed by atoms with Gasteiger partial charge in [-0.05, 0) is 77.9 Å². The van der Waals surface area contributed by atoms with Gasteiger partial charge >= 0.3 is 5.97 Å². The SMILES string of the molecule is CCCCc1c(C)c(C(O)C#Cc2ccc(C(=O)O)cc2)cc(-c2ccccc2)c1OCc1ccccc1. The zero-order valence-corrected chi connectivity index (χ0v) is 21.8. The first-order valence-electron chi connectivity index (χ1n) is 12.9. The van der Waals surface area contributed by atoms with Gasteiger partial charge < -0.3 is 14.9 Å². The maximum absolute atomic E-state index is 11.2. The van der Waals surface area contributed by atoms with Crippen LogP contribution < -0.4 is 4.74 Å². The minimum absolute atomic E-state index is 0.200. The van der Waals surface area contributed by atoms with Crippen LogP contribution in [0.25, 0.3) is 11.1 Å². The highest BCUT2D eigenvalue weighted by Crippen LogP contribution is 2.40. The molecular weight excluding hydrogens is 472 g/mol. The minimum Gasteiger partial charge on any atom is -0.488 e. The third kappa shape index (κ3) is 6.51. The van der Waals surface area contributed by atoms with Crippen LogP contribution in [-0.2, 0) is 13.0 Å². The van der Waals surface area contributed by atoms with Crippen LogP contribution in [0, 0.1) is 18.8 Å². The summed E-state index contributed by atoms with van der Waals surface area (Å²) in [5.74, 6) is 5.82. The van der Waals surface area contributed by atoms with Crippen LogP contribution in [0.3, 0.4) is 0 Å². The third-order valence-corrected chi connectivity index (χ3v) is 6.58. The molecule has 0 bridgehead atoms. The molecule has 192 valence electrons. The van der Waals surface area contributed by atoms with Crippen LogP contribution in [0.15, 0.2) is 91.0 Å². The van der Waals surface area contributed by atoms with Gasteiger partial charge in [0.1, 0.15) is 18.5 Å². The maximum Gasteiger partial charge on any atom is 0.335 e. The quantitative estimate of drug-likeness (QED) is 0.234. The number of hydrogen-bond donors (Lipinski definition) is 2. The van der Waals surface area contributed by atoms with Crippen LogP contribution in [0.5, 0.6) is 5.75 Å². The molecule has 2 N–H and O–H groups in total. The second-order valence-corrected chi connectivity index (χ2v) is 9.24. The summed E-state index contributed by atoms with van der Waals surface area (Å²) in [5, 5.41) is 20.3. The predicted molar refractivity (Wildman–Crippen MR) is 151 cm³/mol. The number of carbonyl (C=O) groups is 1. The van der Waals surface area contributed by atoms with E-state index < -0.39 is 12.1 Å². The summed E-state index contributed by atoms with van der Waals surface area (Å²) < 4.78 is 6.52. The Morgan fingerprint density at radius 3 is 2.24 bits per heavy atom. The molecule has 0 aromatic heterocycles. The average molecular weight is 505 g/mol. The van der Waals surface area contributed by atoms with Crippen molar-refractivity contribution in [2.24, 2.45) is 0 Å². The van der Waals surface area contributed by atoms with Gasteiger partial charge in [0.25, 0.3) is 0 Å². The zero-order valence-electron chi connectivity index (χ0n) is 21.8. The molecular formula is C34H32O4. The van der Waals surface area contributed by atoms with E-state index in [0.717, 1.165) is 58.4 Å². The van der Waals surface area contributed by atoms with Crippen molar-refractivity contribution < 1.29 is 19.7 Å². The van der Waals surface area contributed by atoms with Crippen molar-refractivity contribution in [1.29, 1.82) is 0 Å². The summed E-state index contributed by atoms with van der Waals surface area (Å²) >= 11 is 0. The van der Waals surface area contributed by atoms with E-state index in [-0.39, 0.29) is 5.56 Å². The molecule has 0 heterocycles. The first-order chi connectivity index (χ1) is 18.5. The molecule has 0 saturated carbocycles. The lowest BCUT2D eigenvalue weighted by Crippen LogP contribution is -2.07. The van der Waals surface area contributed by atoms with E-state index in [2.05, 4.69) is 43.0 Å². The fourth-order valence-corrected chi connectivity index (χ4v) is 4.43. The highest BCUT2D eigenvalue weighted by Gasteiger charge is 2.21. The van der Waals surface area contributed by atoms with E-state index in [0.29, 0.717) is 12.2 Å². The first-order valence-corrected chi connectivity index (χ1v) is 12.9. The molecule has 38 heavy (non-hydrogen) atoms. The second kappa shape index (κ2) is 12.8. The van der Waals surface area contributed by atoms with E-state index in [1.54, 1.807) is 12.1 Å². The molecule has 0 aliphatic carbocycles. The zero-order chi connectivity index (χ0) is 26.9. The van der Waals surface area contributed by atoms with Gasteiger partial charge in [0.05, 0.1) is 5.56 Å². The molecule has 0 amide bonds. The fourth-order valence-electron chi connectivity index (χ4n) is 4.43. The topological polar surface area (TPSA) is 66.8 Å². The predicted octanol–water partition coefficient (Wildman–Crippen LogP) is 7.37. The first kappa shape index (κ1) is 26.7. The molecule has 0 spiro atoms. The molecule has 4 rings (SSSR count). The Kier molecular flexibility index (Phi) is 8.98. The third-order valence-electron chi connectivity index (χ3n) is 6.58. The molecule has 1 atom stereocenters. The number of aliphatic hydroxyl groups is 1. The molecule has 1 unspecified atom stereocenters. The Labute approximate surface area is 224 Å². The summed E-state index contributed by atoms with van der Waals surface area (Å²) in [6.45, 7) is 4.64. The van der Waals surface area contributed by atoms with Crippen LogP contribution in [0.2, 0.25) is 0 Å². The molecule has 0 radical (unpaired) electrons. The fraction of sp³-hybridized carbons (Fsp3) is 0.206. The number of hydrogen-bond acceptors (Lipinski definition) is 3. The smallest absolute Gasteiger partial charge is 0.335 e. The lowest BCUT2D eigenvalue weighted by Gasteiger charge is -2.22. The lowest BCUT2D eigenvalue weighted by atomic mass is 9.89. The summed E-state index contributed by atoms with van der Waals surface area (Å²) in [7, 11) is 0. The Balaban J connectivity index is 1.77. The average Bonchev–Trinajstić information content (AvgIpc) is 2.95. The number of aliphatic hydroxyl groups excluding tert-OH is 1. The molecule has 4 nitrogen and oxygen atoms in total. The molecule has 0 aliphatic rings. The van der Waals surface area contributed by atoms with Crippen LogP contribution >= 0.6 is 0 Å². The highest BCUT2D eigenvalue weighted by molar-refractivity contribution is 5.87. The van der Waals surface area contributed by atoms with E-state index >= 15 is 0 Å². The second-order valence-electron chi connectivity index (χ2n) is 9.24. The van der Waals surface area contributed by atoms with Gasteiger partial charge in [-0.3, -0.25) is 0 Å². The van der Waals surface area contributed by atoms with Crippen molar-refractivity contribution in [2.75, 3.05) is 0 Å². The van der Waals surface area contributed by atoms with Crippen molar-refractivity contribution in [3.8, 4) is 28.7 Å². The summed E-state index contributed by atoms with van der Waals surface area (Å²) in [6, 6.07) is 28.5. The number of carboxylic acids is 1. The Morgan fingerprint density at radius 2 is 1.61 bits per heavy atom. The number of rotatable bonds is 9. The van der Waals surface area contributed by atoms with E-state index in [1.165, 1.54) is 12.1 Å². The van der Waals surface area contributed by atoms with Gasteiger partial charge in [-0.15, -0.1) is 0 Å². The molecule has 4 aromatic rings. The number of benzene rings is 4. The maximum atomic E-state index is 11.2. The molecule has 0 aliphatic heterocycles. The monoisotopic (exact) mass is 504 g/mol.